The fourth-order valence-electron chi connectivity index (χ4n) is 2.43. The highest BCUT2D eigenvalue weighted by Gasteiger charge is 2.10. The van der Waals surface area contributed by atoms with Crippen molar-refractivity contribution in [3.63, 3.8) is 0 Å². The van der Waals surface area contributed by atoms with E-state index in [9.17, 15) is 4.79 Å². The Morgan fingerprint density at radius 1 is 1.09 bits per heavy atom. The van der Waals surface area contributed by atoms with Crippen LogP contribution in [-0.2, 0) is 0 Å². The Morgan fingerprint density at radius 3 is 2.87 bits per heavy atom. The molecule has 0 fully saturated rings. The SMILES string of the molecule is O=C(Nc1cccc(-c2cn3ccccc3n2)c1)c1ccco1. The fourth-order valence-corrected chi connectivity index (χ4v) is 2.43. The number of furan rings is 1. The molecule has 0 spiro atoms. The molecule has 0 saturated carbocycles. The first kappa shape index (κ1) is 13.3. The van der Waals surface area contributed by atoms with Gasteiger partial charge in [0.15, 0.2) is 5.76 Å². The number of carbonyl (C=O) groups is 1. The maximum absolute atomic E-state index is 12.0. The maximum atomic E-state index is 12.0. The fraction of sp³-hybridized carbons (Fsp3) is 0. The summed E-state index contributed by atoms with van der Waals surface area (Å²) in [4.78, 5) is 16.6. The van der Waals surface area contributed by atoms with Gasteiger partial charge in [-0.3, -0.25) is 4.79 Å². The van der Waals surface area contributed by atoms with E-state index < -0.39 is 0 Å². The van der Waals surface area contributed by atoms with E-state index in [4.69, 9.17) is 4.42 Å². The van der Waals surface area contributed by atoms with Gasteiger partial charge >= 0.3 is 0 Å². The molecular weight excluding hydrogens is 290 g/mol. The van der Waals surface area contributed by atoms with Crippen LogP contribution in [0.25, 0.3) is 16.9 Å². The van der Waals surface area contributed by atoms with Crippen LogP contribution in [0.1, 0.15) is 10.6 Å². The number of carbonyl (C=O) groups excluding carboxylic acids is 1. The van der Waals surface area contributed by atoms with Gasteiger partial charge in [0.05, 0.1) is 12.0 Å². The Bertz CT molecular complexity index is 938. The monoisotopic (exact) mass is 303 g/mol. The first-order valence-electron chi connectivity index (χ1n) is 7.19. The number of hydrogen-bond acceptors (Lipinski definition) is 3. The van der Waals surface area contributed by atoms with Crippen molar-refractivity contribution in [2.75, 3.05) is 5.32 Å². The van der Waals surface area contributed by atoms with Gasteiger partial charge in [0, 0.05) is 23.6 Å². The van der Waals surface area contributed by atoms with Crippen molar-refractivity contribution in [2.24, 2.45) is 0 Å². The van der Waals surface area contributed by atoms with Crippen LogP contribution in [0.2, 0.25) is 0 Å². The van der Waals surface area contributed by atoms with E-state index in [0.717, 1.165) is 16.9 Å². The second-order valence-corrected chi connectivity index (χ2v) is 5.10. The molecule has 1 amide bonds. The Hall–Kier alpha value is -3.34. The van der Waals surface area contributed by atoms with Crippen molar-refractivity contribution in [1.82, 2.24) is 9.38 Å². The van der Waals surface area contributed by atoms with Crippen LogP contribution in [0, 0.1) is 0 Å². The average molecular weight is 303 g/mol. The molecule has 3 heterocycles. The summed E-state index contributed by atoms with van der Waals surface area (Å²) in [7, 11) is 0. The van der Waals surface area contributed by atoms with Crippen molar-refractivity contribution in [3.8, 4) is 11.3 Å². The predicted octanol–water partition coefficient (Wildman–Crippen LogP) is 3.85. The molecule has 1 aromatic carbocycles. The van der Waals surface area contributed by atoms with E-state index in [1.54, 1.807) is 12.1 Å². The average Bonchev–Trinajstić information content (AvgIpc) is 3.24. The largest absolute Gasteiger partial charge is 0.459 e. The summed E-state index contributed by atoms with van der Waals surface area (Å²) < 4.78 is 7.06. The van der Waals surface area contributed by atoms with E-state index in [1.807, 2.05) is 59.3 Å². The topological polar surface area (TPSA) is 59.5 Å². The molecule has 112 valence electrons. The third-order valence-electron chi connectivity index (χ3n) is 3.53. The third-order valence-corrected chi connectivity index (χ3v) is 3.53. The number of nitrogens with zero attached hydrogens (tertiary/aromatic N) is 2. The molecule has 0 saturated heterocycles. The molecule has 0 bridgehead atoms. The lowest BCUT2D eigenvalue weighted by molar-refractivity contribution is 0.0996. The summed E-state index contributed by atoms with van der Waals surface area (Å²) in [5, 5.41) is 2.82. The highest BCUT2D eigenvalue weighted by atomic mass is 16.3. The smallest absolute Gasteiger partial charge is 0.291 e. The van der Waals surface area contributed by atoms with Crippen LogP contribution < -0.4 is 5.32 Å². The molecule has 4 rings (SSSR count). The van der Waals surface area contributed by atoms with Gasteiger partial charge in [-0.05, 0) is 36.4 Å². The molecular formula is C18H13N3O2. The van der Waals surface area contributed by atoms with Gasteiger partial charge in [-0.1, -0.05) is 18.2 Å². The van der Waals surface area contributed by atoms with Gasteiger partial charge in [0.1, 0.15) is 5.65 Å². The zero-order valence-corrected chi connectivity index (χ0v) is 12.1. The molecule has 0 radical (unpaired) electrons. The molecule has 1 N–H and O–H groups in total. The lowest BCUT2D eigenvalue weighted by Crippen LogP contribution is -2.10. The minimum absolute atomic E-state index is 0.276. The predicted molar refractivity (Wildman–Crippen MR) is 87.3 cm³/mol. The summed E-state index contributed by atoms with van der Waals surface area (Å²) in [6.07, 6.45) is 5.39. The van der Waals surface area contributed by atoms with Crippen LogP contribution in [0.4, 0.5) is 5.69 Å². The van der Waals surface area contributed by atoms with Crippen LogP contribution in [0.15, 0.2) is 77.7 Å². The molecule has 0 aliphatic rings. The third kappa shape index (κ3) is 2.60. The number of nitrogens with one attached hydrogen (secondary N) is 1. The zero-order valence-electron chi connectivity index (χ0n) is 12.1. The van der Waals surface area contributed by atoms with Gasteiger partial charge in [-0.15, -0.1) is 0 Å². The minimum Gasteiger partial charge on any atom is -0.459 e. The van der Waals surface area contributed by atoms with Gasteiger partial charge in [0.25, 0.3) is 5.91 Å². The van der Waals surface area contributed by atoms with Gasteiger partial charge in [-0.25, -0.2) is 4.98 Å². The number of amides is 1. The molecule has 4 aromatic rings. The van der Waals surface area contributed by atoms with Gasteiger partial charge < -0.3 is 14.1 Å². The van der Waals surface area contributed by atoms with E-state index in [0.29, 0.717) is 5.69 Å². The van der Waals surface area contributed by atoms with Crippen LogP contribution >= 0.6 is 0 Å². The van der Waals surface area contributed by atoms with Crippen molar-refractivity contribution in [1.29, 1.82) is 0 Å². The molecule has 0 unspecified atom stereocenters. The number of fused-ring (bicyclic) bond motifs is 1. The van der Waals surface area contributed by atoms with Gasteiger partial charge in [-0.2, -0.15) is 0 Å². The normalized spacial score (nSPS) is 10.8. The van der Waals surface area contributed by atoms with E-state index in [1.165, 1.54) is 6.26 Å². The molecule has 23 heavy (non-hydrogen) atoms. The maximum Gasteiger partial charge on any atom is 0.291 e. The quantitative estimate of drug-likeness (QED) is 0.625. The van der Waals surface area contributed by atoms with E-state index in [2.05, 4.69) is 10.3 Å². The second-order valence-electron chi connectivity index (χ2n) is 5.10. The Kier molecular flexibility index (Phi) is 3.16. The molecule has 0 aliphatic carbocycles. The summed E-state index contributed by atoms with van der Waals surface area (Å²) in [6.45, 7) is 0. The molecule has 5 nitrogen and oxygen atoms in total. The summed E-state index contributed by atoms with van der Waals surface area (Å²) in [5.41, 5.74) is 3.37. The zero-order chi connectivity index (χ0) is 15.6. The Morgan fingerprint density at radius 2 is 2.04 bits per heavy atom. The lowest BCUT2D eigenvalue weighted by Gasteiger charge is -2.04. The molecule has 5 heteroatoms. The van der Waals surface area contributed by atoms with Crippen molar-refractivity contribution in [3.05, 3.63) is 79.0 Å². The number of aromatic nitrogens is 2. The van der Waals surface area contributed by atoms with Crippen molar-refractivity contribution >= 4 is 17.2 Å². The molecule has 3 aromatic heterocycles. The summed E-state index contributed by atoms with van der Waals surface area (Å²) in [5.74, 6) is 0.00489. The van der Waals surface area contributed by atoms with E-state index >= 15 is 0 Å². The van der Waals surface area contributed by atoms with Crippen molar-refractivity contribution in [2.45, 2.75) is 0 Å². The van der Waals surface area contributed by atoms with Crippen LogP contribution in [-0.4, -0.2) is 15.3 Å². The molecule has 0 atom stereocenters. The minimum atomic E-state index is -0.276. The number of imidazole rings is 1. The number of benzene rings is 1. The molecule has 0 aliphatic heterocycles. The number of anilines is 1. The van der Waals surface area contributed by atoms with E-state index in [-0.39, 0.29) is 11.7 Å². The first-order valence-corrected chi connectivity index (χ1v) is 7.19. The van der Waals surface area contributed by atoms with Crippen LogP contribution in [0.3, 0.4) is 0 Å². The number of hydrogen-bond donors (Lipinski definition) is 1. The number of pyridine rings is 1. The second kappa shape index (κ2) is 5.46. The highest BCUT2D eigenvalue weighted by Crippen LogP contribution is 2.22. The Balaban J connectivity index is 1.64. The van der Waals surface area contributed by atoms with Crippen molar-refractivity contribution < 1.29 is 9.21 Å². The highest BCUT2D eigenvalue weighted by molar-refractivity contribution is 6.02. The summed E-state index contributed by atoms with van der Waals surface area (Å²) >= 11 is 0. The van der Waals surface area contributed by atoms with Gasteiger partial charge in [0.2, 0.25) is 0 Å². The Labute approximate surface area is 132 Å². The van der Waals surface area contributed by atoms with Crippen LogP contribution in [0.5, 0.6) is 0 Å². The number of rotatable bonds is 3. The first-order chi connectivity index (χ1) is 11.3. The standard InChI is InChI=1S/C18H13N3O2/c22-18(16-7-4-10-23-16)19-14-6-3-5-13(11-14)15-12-21-9-2-1-8-17(21)20-15/h1-12H,(H,19,22). The summed E-state index contributed by atoms with van der Waals surface area (Å²) in [6, 6.07) is 16.7. The lowest BCUT2D eigenvalue weighted by atomic mass is 10.1.